The molecule has 0 bridgehead atoms. The molecule has 6 nitrogen and oxygen atoms in total. The summed E-state index contributed by atoms with van der Waals surface area (Å²) in [5.41, 5.74) is 0.0611. The van der Waals surface area contributed by atoms with Crippen LogP contribution in [0.25, 0.3) is 0 Å². The molecule has 2 amide bonds. The first-order valence-corrected chi connectivity index (χ1v) is 6.39. The molecule has 1 aromatic carbocycles. The first kappa shape index (κ1) is 16.3. The van der Waals surface area contributed by atoms with Crippen molar-refractivity contribution in [2.45, 2.75) is 13.0 Å². The first-order valence-electron chi connectivity index (χ1n) is 6.01. The summed E-state index contributed by atoms with van der Waals surface area (Å²) in [5.74, 6) is -1.11. The Kier molecular flexibility index (Phi) is 6.27. The third-order valence-electron chi connectivity index (χ3n) is 2.55. The standard InChI is InChI=1S/C13H17ClN2O4/c1-8(12(18)15-5-6-20-2)16-13(19)10-4-3-9(14)7-11(10)17/h3-4,7-8,17H,5-6H2,1-2H3,(H,15,18)(H,16,19). The highest BCUT2D eigenvalue weighted by Crippen LogP contribution is 2.21. The van der Waals surface area contributed by atoms with Crippen molar-refractivity contribution >= 4 is 23.4 Å². The molecule has 0 aliphatic heterocycles. The average molecular weight is 301 g/mol. The third kappa shape index (κ3) is 4.71. The summed E-state index contributed by atoms with van der Waals surface area (Å²) in [6.07, 6.45) is 0. The van der Waals surface area contributed by atoms with Crippen molar-refractivity contribution in [3.63, 3.8) is 0 Å². The number of aromatic hydroxyl groups is 1. The van der Waals surface area contributed by atoms with E-state index in [4.69, 9.17) is 16.3 Å². The minimum Gasteiger partial charge on any atom is -0.507 e. The minimum absolute atomic E-state index is 0.0611. The Hall–Kier alpha value is -1.79. The molecule has 20 heavy (non-hydrogen) atoms. The van der Waals surface area contributed by atoms with Crippen LogP contribution in [0.3, 0.4) is 0 Å². The fraction of sp³-hybridized carbons (Fsp3) is 0.385. The highest BCUT2D eigenvalue weighted by atomic mass is 35.5. The predicted molar refractivity (Wildman–Crippen MR) is 74.9 cm³/mol. The largest absolute Gasteiger partial charge is 0.507 e. The Morgan fingerprint density at radius 3 is 2.75 bits per heavy atom. The van der Waals surface area contributed by atoms with E-state index in [1.54, 1.807) is 6.92 Å². The topological polar surface area (TPSA) is 87.7 Å². The number of methoxy groups -OCH3 is 1. The van der Waals surface area contributed by atoms with Crippen LogP contribution in [0.2, 0.25) is 5.02 Å². The molecular weight excluding hydrogens is 284 g/mol. The maximum atomic E-state index is 11.9. The zero-order valence-electron chi connectivity index (χ0n) is 11.3. The van der Waals surface area contributed by atoms with E-state index < -0.39 is 11.9 Å². The molecule has 0 aliphatic rings. The molecule has 0 aliphatic carbocycles. The number of phenolic OH excluding ortho intramolecular Hbond substituents is 1. The first-order chi connectivity index (χ1) is 9.45. The predicted octanol–water partition coefficient (Wildman–Crippen LogP) is 0.926. The zero-order chi connectivity index (χ0) is 15.1. The number of benzene rings is 1. The van der Waals surface area contributed by atoms with Gasteiger partial charge in [0, 0.05) is 18.7 Å². The van der Waals surface area contributed by atoms with Gasteiger partial charge in [0.25, 0.3) is 5.91 Å². The Labute approximate surface area is 122 Å². The van der Waals surface area contributed by atoms with Crippen molar-refractivity contribution in [2.75, 3.05) is 20.3 Å². The van der Waals surface area contributed by atoms with Gasteiger partial charge in [-0.15, -0.1) is 0 Å². The molecule has 0 aromatic heterocycles. The fourth-order valence-corrected chi connectivity index (χ4v) is 1.63. The van der Waals surface area contributed by atoms with Crippen LogP contribution in [0.1, 0.15) is 17.3 Å². The quantitative estimate of drug-likeness (QED) is 0.682. The molecule has 1 rings (SSSR count). The van der Waals surface area contributed by atoms with Gasteiger partial charge in [0.15, 0.2) is 0 Å². The van der Waals surface area contributed by atoms with Gasteiger partial charge in [-0.2, -0.15) is 0 Å². The average Bonchev–Trinajstić information content (AvgIpc) is 2.38. The number of carbonyl (C=O) groups is 2. The van der Waals surface area contributed by atoms with Crippen molar-refractivity contribution in [3.05, 3.63) is 28.8 Å². The lowest BCUT2D eigenvalue weighted by atomic mass is 10.1. The Morgan fingerprint density at radius 2 is 2.15 bits per heavy atom. The zero-order valence-corrected chi connectivity index (χ0v) is 12.0. The molecule has 1 aromatic rings. The lowest BCUT2D eigenvalue weighted by molar-refractivity contribution is -0.122. The second-order valence-corrected chi connectivity index (χ2v) is 4.58. The second-order valence-electron chi connectivity index (χ2n) is 4.14. The van der Waals surface area contributed by atoms with Crippen molar-refractivity contribution in [1.82, 2.24) is 10.6 Å². The van der Waals surface area contributed by atoms with Gasteiger partial charge in [-0.3, -0.25) is 9.59 Å². The third-order valence-corrected chi connectivity index (χ3v) is 2.79. The lowest BCUT2D eigenvalue weighted by Gasteiger charge is -2.14. The number of ether oxygens (including phenoxy) is 1. The highest BCUT2D eigenvalue weighted by Gasteiger charge is 2.18. The maximum Gasteiger partial charge on any atom is 0.255 e. The van der Waals surface area contributed by atoms with Crippen LogP contribution in [0.15, 0.2) is 18.2 Å². The number of amides is 2. The molecule has 0 radical (unpaired) electrons. The van der Waals surface area contributed by atoms with Crippen LogP contribution in [-0.4, -0.2) is 43.2 Å². The molecule has 0 heterocycles. The van der Waals surface area contributed by atoms with Crippen molar-refractivity contribution in [1.29, 1.82) is 0 Å². The summed E-state index contributed by atoms with van der Waals surface area (Å²) >= 11 is 5.68. The molecule has 0 fully saturated rings. The number of phenols is 1. The Balaban J connectivity index is 2.58. The molecule has 0 saturated carbocycles. The summed E-state index contributed by atoms with van der Waals surface area (Å²) in [4.78, 5) is 23.6. The van der Waals surface area contributed by atoms with Gasteiger partial charge in [0.2, 0.25) is 5.91 Å². The lowest BCUT2D eigenvalue weighted by Crippen LogP contribution is -2.45. The number of hydrogen-bond acceptors (Lipinski definition) is 4. The van der Waals surface area contributed by atoms with Crippen LogP contribution in [0, 0.1) is 0 Å². The summed E-state index contributed by atoms with van der Waals surface area (Å²) in [6.45, 7) is 2.30. The van der Waals surface area contributed by atoms with E-state index in [9.17, 15) is 14.7 Å². The molecule has 0 saturated heterocycles. The molecule has 0 spiro atoms. The Bertz CT molecular complexity index is 493. The van der Waals surface area contributed by atoms with E-state index in [1.807, 2.05) is 0 Å². The molecule has 110 valence electrons. The number of rotatable bonds is 6. The molecule has 1 atom stereocenters. The number of nitrogens with one attached hydrogen (secondary N) is 2. The summed E-state index contributed by atoms with van der Waals surface area (Å²) in [6, 6.07) is 3.41. The van der Waals surface area contributed by atoms with E-state index in [1.165, 1.54) is 25.3 Å². The van der Waals surface area contributed by atoms with Crippen LogP contribution in [0.4, 0.5) is 0 Å². The maximum absolute atomic E-state index is 11.9. The van der Waals surface area contributed by atoms with Crippen molar-refractivity contribution in [3.8, 4) is 5.75 Å². The second kappa shape index (κ2) is 7.72. The van der Waals surface area contributed by atoms with Gasteiger partial charge in [-0.05, 0) is 25.1 Å². The van der Waals surface area contributed by atoms with Gasteiger partial charge < -0.3 is 20.5 Å². The van der Waals surface area contributed by atoms with Crippen LogP contribution in [0.5, 0.6) is 5.75 Å². The van der Waals surface area contributed by atoms with E-state index >= 15 is 0 Å². The van der Waals surface area contributed by atoms with E-state index in [2.05, 4.69) is 10.6 Å². The monoisotopic (exact) mass is 300 g/mol. The normalized spacial score (nSPS) is 11.8. The summed E-state index contributed by atoms with van der Waals surface area (Å²) < 4.78 is 4.80. The van der Waals surface area contributed by atoms with Crippen LogP contribution >= 0.6 is 11.6 Å². The smallest absolute Gasteiger partial charge is 0.255 e. The van der Waals surface area contributed by atoms with Gasteiger partial charge >= 0.3 is 0 Å². The number of carbonyl (C=O) groups excluding carboxylic acids is 2. The van der Waals surface area contributed by atoms with Gasteiger partial charge in [0.05, 0.1) is 12.2 Å². The summed E-state index contributed by atoms with van der Waals surface area (Å²) in [7, 11) is 1.53. The van der Waals surface area contributed by atoms with E-state index in [0.29, 0.717) is 18.2 Å². The number of hydrogen-bond donors (Lipinski definition) is 3. The van der Waals surface area contributed by atoms with Crippen molar-refractivity contribution < 1.29 is 19.4 Å². The van der Waals surface area contributed by atoms with Gasteiger partial charge in [-0.1, -0.05) is 11.6 Å². The fourth-order valence-electron chi connectivity index (χ4n) is 1.47. The molecule has 7 heteroatoms. The number of halogens is 1. The van der Waals surface area contributed by atoms with Crippen molar-refractivity contribution in [2.24, 2.45) is 0 Å². The minimum atomic E-state index is -0.727. The SMILES string of the molecule is COCCNC(=O)C(C)NC(=O)c1ccc(Cl)cc1O. The van der Waals surface area contributed by atoms with Crippen LogP contribution < -0.4 is 10.6 Å². The van der Waals surface area contributed by atoms with Gasteiger partial charge in [-0.25, -0.2) is 0 Å². The highest BCUT2D eigenvalue weighted by molar-refractivity contribution is 6.30. The van der Waals surface area contributed by atoms with Gasteiger partial charge in [0.1, 0.15) is 11.8 Å². The molecule has 3 N–H and O–H groups in total. The summed E-state index contributed by atoms with van der Waals surface area (Å²) in [5, 5.41) is 15.0. The van der Waals surface area contributed by atoms with Crippen LogP contribution in [-0.2, 0) is 9.53 Å². The Morgan fingerprint density at radius 1 is 1.45 bits per heavy atom. The molecule has 1 unspecified atom stereocenters. The van der Waals surface area contributed by atoms with E-state index in [-0.39, 0.29) is 17.2 Å². The van der Waals surface area contributed by atoms with E-state index in [0.717, 1.165) is 0 Å². The molecular formula is C13H17ClN2O4.